The molecule has 0 saturated carbocycles. The number of carbonyl (C=O) groups excluding carboxylic acids is 1. The van der Waals surface area contributed by atoms with Crippen LogP contribution in [0.1, 0.15) is 40.5 Å². The Labute approximate surface area is 111 Å². The Hall–Kier alpha value is -0.610. The zero-order chi connectivity index (χ0) is 13.8. The predicted molar refractivity (Wildman–Crippen MR) is 75.3 cm³/mol. The maximum absolute atomic E-state index is 11.9. The van der Waals surface area contributed by atoms with E-state index in [9.17, 15) is 4.79 Å². The third kappa shape index (κ3) is 4.58. The summed E-state index contributed by atoms with van der Waals surface area (Å²) in [5.41, 5.74) is 5.76. The number of hydrogen-bond donors (Lipinski definition) is 2. The van der Waals surface area contributed by atoms with Crippen LogP contribution in [0.3, 0.4) is 0 Å². The maximum Gasteiger partial charge on any atom is 0.237 e. The number of carbonyl (C=O) groups is 1. The number of nitrogens with two attached hydrogens (primary N) is 1. The van der Waals surface area contributed by atoms with Crippen LogP contribution in [-0.4, -0.2) is 43.0 Å². The summed E-state index contributed by atoms with van der Waals surface area (Å²) < 4.78 is 0. The van der Waals surface area contributed by atoms with E-state index in [-0.39, 0.29) is 11.3 Å². The van der Waals surface area contributed by atoms with E-state index in [0.29, 0.717) is 5.92 Å². The molecule has 3 N–H and O–H groups in total. The van der Waals surface area contributed by atoms with E-state index < -0.39 is 6.04 Å². The van der Waals surface area contributed by atoms with Crippen molar-refractivity contribution in [2.45, 2.75) is 46.6 Å². The third-order valence-corrected chi connectivity index (χ3v) is 3.93. The van der Waals surface area contributed by atoms with Crippen molar-refractivity contribution in [1.82, 2.24) is 10.2 Å². The number of nitrogens with zero attached hydrogens (tertiary/aromatic N) is 1. The van der Waals surface area contributed by atoms with Crippen molar-refractivity contribution in [3.8, 4) is 0 Å². The number of piperidine rings is 1. The van der Waals surface area contributed by atoms with Gasteiger partial charge in [0.25, 0.3) is 0 Å². The Morgan fingerprint density at radius 3 is 2.39 bits per heavy atom. The van der Waals surface area contributed by atoms with Gasteiger partial charge in [0.05, 0.1) is 6.04 Å². The Bertz CT molecular complexity index is 265. The Balaban J connectivity index is 2.27. The zero-order valence-electron chi connectivity index (χ0n) is 12.3. The van der Waals surface area contributed by atoms with Crippen LogP contribution in [0.2, 0.25) is 0 Å². The molecule has 0 aromatic rings. The quantitative estimate of drug-likeness (QED) is 0.794. The van der Waals surface area contributed by atoms with E-state index in [4.69, 9.17) is 5.73 Å². The van der Waals surface area contributed by atoms with E-state index >= 15 is 0 Å². The van der Waals surface area contributed by atoms with Crippen LogP contribution in [0.25, 0.3) is 0 Å². The first-order chi connectivity index (χ1) is 8.34. The minimum Gasteiger partial charge on any atom is -0.354 e. The van der Waals surface area contributed by atoms with Crippen LogP contribution in [0, 0.1) is 11.3 Å². The Morgan fingerprint density at radius 2 is 1.94 bits per heavy atom. The molecule has 1 atom stereocenters. The highest BCUT2D eigenvalue weighted by molar-refractivity contribution is 5.82. The van der Waals surface area contributed by atoms with Crippen molar-refractivity contribution in [1.29, 1.82) is 0 Å². The summed E-state index contributed by atoms with van der Waals surface area (Å²) in [6.07, 6.45) is 2.36. The first kappa shape index (κ1) is 15.4. The number of nitrogens with one attached hydrogen (secondary N) is 1. The van der Waals surface area contributed by atoms with Crippen molar-refractivity contribution >= 4 is 5.91 Å². The molecule has 1 fully saturated rings. The molecule has 1 heterocycles. The highest BCUT2D eigenvalue weighted by Crippen LogP contribution is 2.18. The van der Waals surface area contributed by atoms with E-state index in [2.05, 4.69) is 17.1 Å². The molecular formula is C14H29N3O. The molecule has 1 saturated heterocycles. The topological polar surface area (TPSA) is 58.4 Å². The fraction of sp³-hybridized carbons (Fsp3) is 0.929. The molecule has 106 valence electrons. The summed E-state index contributed by atoms with van der Waals surface area (Å²) in [7, 11) is 0. The summed E-state index contributed by atoms with van der Waals surface area (Å²) in [6.45, 7) is 12.4. The lowest BCUT2D eigenvalue weighted by Gasteiger charge is -2.32. The molecule has 1 aliphatic heterocycles. The summed E-state index contributed by atoms with van der Waals surface area (Å²) in [5, 5.41) is 3.01. The van der Waals surface area contributed by atoms with Gasteiger partial charge in [0, 0.05) is 6.54 Å². The van der Waals surface area contributed by atoms with Gasteiger partial charge in [-0.1, -0.05) is 27.7 Å². The van der Waals surface area contributed by atoms with E-state index in [0.717, 1.165) is 26.2 Å². The molecular weight excluding hydrogens is 226 g/mol. The highest BCUT2D eigenvalue weighted by atomic mass is 16.2. The molecule has 1 aliphatic rings. The lowest BCUT2D eigenvalue weighted by Crippen LogP contribution is -2.50. The van der Waals surface area contributed by atoms with Crippen LogP contribution in [0.4, 0.5) is 0 Å². The van der Waals surface area contributed by atoms with Gasteiger partial charge in [0.2, 0.25) is 5.91 Å². The standard InChI is InChI=1S/C14H29N3O/c1-5-17-8-6-11(7-9-17)10-16-13(18)12(15)14(2,3)4/h11-12H,5-10,15H2,1-4H3,(H,16,18). The van der Waals surface area contributed by atoms with Crippen molar-refractivity contribution in [3.63, 3.8) is 0 Å². The van der Waals surface area contributed by atoms with Crippen molar-refractivity contribution in [3.05, 3.63) is 0 Å². The molecule has 4 nitrogen and oxygen atoms in total. The van der Waals surface area contributed by atoms with Gasteiger partial charge in [-0.15, -0.1) is 0 Å². The van der Waals surface area contributed by atoms with E-state index in [1.165, 1.54) is 12.8 Å². The van der Waals surface area contributed by atoms with E-state index in [1.54, 1.807) is 0 Å². The molecule has 1 rings (SSSR count). The molecule has 0 aromatic heterocycles. The van der Waals surface area contributed by atoms with Crippen molar-refractivity contribution in [2.24, 2.45) is 17.1 Å². The smallest absolute Gasteiger partial charge is 0.237 e. The predicted octanol–water partition coefficient (Wildman–Crippen LogP) is 1.21. The summed E-state index contributed by atoms with van der Waals surface area (Å²) in [4.78, 5) is 14.4. The molecule has 0 spiro atoms. The number of amides is 1. The van der Waals surface area contributed by atoms with Crippen molar-refractivity contribution < 1.29 is 4.79 Å². The van der Waals surface area contributed by atoms with Crippen LogP contribution in [-0.2, 0) is 4.79 Å². The minimum absolute atomic E-state index is 0.0135. The number of rotatable bonds is 4. The summed E-state index contributed by atoms with van der Waals surface area (Å²) in [5.74, 6) is 0.601. The minimum atomic E-state index is -0.423. The molecule has 4 heteroatoms. The third-order valence-electron chi connectivity index (χ3n) is 3.93. The molecule has 18 heavy (non-hydrogen) atoms. The van der Waals surface area contributed by atoms with Crippen LogP contribution >= 0.6 is 0 Å². The van der Waals surface area contributed by atoms with Crippen LogP contribution < -0.4 is 11.1 Å². The fourth-order valence-corrected chi connectivity index (χ4v) is 2.25. The largest absolute Gasteiger partial charge is 0.354 e. The number of hydrogen-bond acceptors (Lipinski definition) is 3. The van der Waals surface area contributed by atoms with Gasteiger partial charge in [-0.05, 0) is 43.8 Å². The lowest BCUT2D eigenvalue weighted by molar-refractivity contribution is -0.124. The monoisotopic (exact) mass is 255 g/mol. The molecule has 0 bridgehead atoms. The normalized spacial score (nSPS) is 20.7. The van der Waals surface area contributed by atoms with Gasteiger partial charge in [-0.3, -0.25) is 4.79 Å². The maximum atomic E-state index is 11.9. The molecule has 0 aromatic carbocycles. The molecule has 0 radical (unpaired) electrons. The van der Waals surface area contributed by atoms with Gasteiger partial charge >= 0.3 is 0 Å². The lowest BCUT2D eigenvalue weighted by atomic mass is 9.86. The molecule has 1 unspecified atom stereocenters. The van der Waals surface area contributed by atoms with Gasteiger partial charge in [0.15, 0.2) is 0 Å². The van der Waals surface area contributed by atoms with Gasteiger partial charge < -0.3 is 16.0 Å². The first-order valence-electron chi connectivity index (χ1n) is 7.10. The first-order valence-corrected chi connectivity index (χ1v) is 7.10. The average Bonchev–Trinajstić information content (AvgIpc) is 2.34. The summed E-state index contributed by atoms with van der Waals surface area (Å²) >= 11 is 0. The zero-order valence-corrected chi connectivity index (χ0v) is 12.3. The number of likely N-dealkylation sites (tertiary alicyclic amines) is 1. The molecule has 0 aliphatic carbocycles. The van der Waals surface area contributed by atoms with Gasteiger partial charge in [-0.25, -0.2) is 0 Å². The van der Waals surface area contributed by atoms with Crippen LogP contribution in [0.5, 0.6) is 0 Å². The SMILES string of the molecule is CCN1CCC(CNC(=O)C(N)C(C)(C)C)CC1. The van der Waals surface area contributed by atoms with E-state index in [1.807, 2.05) is 20.8 Å². The second kappa shape index (κ2) is 6.53. The average molecular weight is 255 g/mol. The second-order valence-electron chi connectivity index (χ2n) is 6.47. The second-order valence-corrected chi connectivity index (χ2v) is 6.47. The van der Waals surface area contributed by atoms with Gasteiger partial charge in [-0.2, -0.15) is 0 Å². The van der Waals surface area contributed by atoms with Crippen molar-refractivity contribution in [2.75, 3.05) is 26.2 Å². The molecule has 1 amide bonds. The van der Waals surface area contributed by atoms with Crippen LogP contribution in [0.15, 0.2) is 0 Å². The fourth-order valence-electron chi connectivity index (χ4n) is 2.25. The highest BCUT2D eigenvalue weighted by Gasteiger charge is 2.28. The Morgan fingerprint density at radius 1 is 1.39 bits per heavy atom. The van der Waals surface area contributed by atoms with Gasteiger partial charge in [0.1, 0.15) is 0 Å². The Kier molecular flexibility index (Phi) is 5.60. The summed E-state index contributed by atoms with van der Waals surface area (Å²) in [6, 6.07) is -0.423.